The van der Waals surface area contributed by atoms with Crippen LogP contribution in [0.15, 0.2) is 126 Å². The molecular weight excluding hydrogens is 699 g/mol. The molecule has 1 aliphatic rings. The van der Waals surface area contributed by atoms with Crippen LogP contribution in [0.5, 0.6) is 0 Å². The highest BCUT2D eigenvalue weighted by molar-refractivity contribution is 14.1. The van der Waals surface area contributed by atoms with Crippen LogP contribution >= 0.6 is 34.4 Å². The zero-order valence-corrected chi connectivity index (χ0v) is 28.7. The normalized spacial score (nSPS) is 23.0. The van der Waals surface area contributed by atoms with E-state index < -0.39 is 35.6 Å². The van der Waals surface area contributed by atoms with E-state index in [1.54, 1.807) is 18.9 Å². The molecular formula is C37H41IO6S. The SMILES string of the molecule is COC(C)(CI)O[C@@H]1[C@@H](OCc2ccccc2)[C@H](OCc2ccccc2)[C@@H](COCc2ccccc2)O[C@H]1Sc1ccccc1. The Morgan fingerprint density at radius 2 is 1.16 bits per heavy atom. The van der Waals surface area contributed by atoms with Gasteiger partial charge in [-0.3, -0.25) is 0 Å². The van der Waals surface area contributed by atoms with Crippen LogP contribution in [0.25, 0.3) is 0 Å². The van der Waals surface area contributed by atoms with Crippen molar-refractivity contribution in [1.29, 1.82) is 0 Å². The van der Waals surface area contributed by atoms with Gasteiger partial charge in [0.1, 0.15) is 29.9 Å². The van der Waals surface area contributed by atoms with Crippen molar-refractivity contribution < 1.29 is 28.4 Å². The summed E-state index contributed by atoms with van der Waals surface area (Å²) in [4.78, 5) is 1.07. The van der Waals surface area contributed by atoms with Gasteiger partial charge in [-0.1, -0.05) is 144 Å². The first-order chi connectivity index (χ1) is 22.1. The van der Waals surface area contributed by atoms with Crippen molar-refractivity contribution in [1.82, 2.24) is 0 Å². The first kappa shape index (κ1) is 34.1. The van der Waals surface area contributed by atoms with Gasteiger partial charge in [-0.2, -0.15) is 0 Å². The van der Waals surface area contributed by atoms with E-state index in [1.165, 1.54) is 0 Å². The average molecular weight is 741 g/mol. The quantitative estimate of drug-likeness (QED) is 0.0655. The Morgan fingerprint density at radius 3 is 1.67 bits per heavy atom. The monoisotopic (exact) mass is 740 g/mol. The van der Waals surface area contributed by atoms with Crippen LogP contribution in [0.3, 0.4) is 0 Å². The maximum atomic E-state index is 6.91. The van der Waals surface area contributed by atoms with Crippen molar-refractivity contribution in [2.24, 2.45) is 0 Å². The van der Waals surface area contributed by atoms with Gasteiger partial charge < -0.3 is 28.4 Å². The van der Waals surface area contributed by atoms with Crippen molar-refractivity contribution in [3.05, 3.63) is 138 Å². The van der Waals surface area contributed by atoms with E-state index in [0.29, 0.717) is 30.9 Å². The number of methoxy groups -OCH3 is 1. The van der Waals surface area contributed by atoms with Gasteiger partial charge in [0, 0.05) is 12.0 Å². The van der Waals surface area contributed by atoms with E-state index in [2.05, 4.69) is 71.1 Å². The van der Waals surface area contributed by atoms with E-state index in [0.717, 1.165) is 21.6 Å². The van der Waals surface area contributed by atoms with Crippen LogP contribution < -0.4 is 0 Å². The molecule has 45 heavy (non-hydrogen) atoms. The summed E-state index contributed by atoms with van der Waals surface area (Å²) in [6, 6.07) is 40.7. The smallest absolute Gasteiger partial charge is 0.174 e. The van der Waals surface area contributed by atoms with Crippen molar-refractivity contribution in [2.45, 2.75) is 67.3 Å². The standard InChI is InChI=1S/C37H41IO6S/c1-37(27-38,39-2)44-35-34(42-25-30-19-11-5-12-20-30)33(41-24-29-17-9-4-10-18-29)32(26-40-23-28-15-7-3-8-16-28)43-36(35)45-31-21-13-6-14-22-31/h3-22,32-36H,23-27H2,1-2H3/t32-,33-,34+,35-,36+,37?/m1/s1. The zero-order valence-electron chi connectivity index (χ0n) is 25.7. The van der Waals surface area contributed by atoms with Gasteiger partial charge >= 0.3 is 0 Å². The molecule has 0 aliphatic carbocycles. The lowest BCUT2D eigenvalue weighted by Gasteiger charge is -2.48. The van der Waals surface area contributed by atoms with E-state index >= 15 is 0 Å². The predicted octanol–water partition coefficient (Wildman–Crippen LogP) is 8.07. The van der Waals surface area contributed by atoms with Gasteiger partial charge in [-0.15, -0.1) is 0 Å². The number of thioether (sulfide) groups is 1. The second kappa shape index (κ2) is 17.6. The summed E-state index contributed by atoms with van der Waals surface area (Å²) in [6.07, 6.45) is -1.93. The van der Waals surface area contributed by atoms with Crippen LogP contribution in [0.1, 0.15) is 23.6 Å². The molecule has 6 atom stereocenters. The van der Waals surface area contributed by atoms with Crippen LogP contribution in [-0.4, -0.2) is 53.8 Å². The van der Waals surface area contributed by atoms with E-state index in [4.69, 9.17) is 28.4 Å². The molecule has 238 valence electrons. The lowest BCUT2D eigenvalue weighted by atomic mass is 9.98. The Labute approximate surface area is 284 Å². The van der Waals surface area contributed by atoms with Crippen LogP contribution in [-0.2, 0) is 48.2 Å². The molecule has 1 heterocycles. The van der Waals surface area contributed by atoms with Crippen molar-refractivity contribution in [3.63, 3.8) is 0 Å². The number of rotatable bonds is 16. The number of hydrogen-bond acceptors (Lipinski definition) is 7. The van der Waals surface area contributed by atoms with Crippen molar-refractivity contribution in [3.8, 4) is 0 Å². The summed E-state index contributed by atoms with van der Waals surface area (Å²) >= 11 is 3.91. The highest BCUT2D eigenvalue weighted by Crippen LogP contribution is 2.40. The van der Waals surface area contributed by atoms with E-state index in [1.807, 2.05) is 79.7 Å². The molecule has 0 spiro atoms. The Balaban J connectivity index is 1.48. The lowest BCUT2D eigenvalue weighted by molar-refractivity contribution is -0.304. The van der Waals surface area contributed by atoms with Gasteiger partial charge in [0.05, 0.1) is 30.9 Å². The highest BCUT2D eigenvalue weighted by Gasteiger charge is 2.51. The fourth-order valence-electron chi connectivity index (χ4n) is 5.08. The third-order valence-corrected chi connectivity index (χ3v) is 10.2. The van der Waals surface area contributed by atoms with Crippen LogP contribution in [0.4, 0.5) is 0 Å². The molecule has 1 aliphatic heterocycles. The average Bonchev–Trinajstić information content (AvgIpc) is 3.09. The van der Waals surface area contributed by atoms with Gasteiger partial charge in [-0.05, 0) is 35.7 Å². The van der Waals surface area contributed by atoms with Gasteiger partial charge in [0.2, 0.25) is 0 Å². The molecule has 6 nitrogen and oxygen atoms in total. The molecule has 0 amide bonds. The Kier molecular flexibility index (Phi) is 13.3. The highest BCUT2D eigenvalue weighted by atomic mass is 127. The van der Waals surface area contributed by atoms with Crippen LogP contribution in [0.2, 0.25) is 0 Å². The van der Waals surface area contributed by atoms with Gasteiger partial charge in [-0.25, -0.2) is 0 Å². The van der Waals surface area contributed by atoms with Gasteiger partial charge in [0.25, 0.3) is 0 Å². The van der Waals surface area contributed by atoms with Gasteiger partial charge in [0.15, 0.2) is 5.79 Å². The molecule has 8 heteroatoms. The summed E-state index contributed by atoms with van der Waals surface area (Å²) in [5, 5.41) is 0. The number of benzene rings is 4. The maximum absolute atomic E-state index is 6.91. The molecule has 0 radical (unpaired) electrons. The maximum Gasteiger partial charge on any atom is 0.174 e. The first-order valence-electron chi connectivity index (χ1n) is 15.2. The fourth-order valence-corrected chi connectivity index (χ4v) is 6.70. The first-order valence-corrected chi connectivity index (χ1v) is 17.6. The summed E-state index contributed by atoms with van der Waals surface area (Å²) in [5.41, 5.74) is 2.81. The Morgan fingerprint density at radius 1 is 0.667 bits per heavy atom. The molecule has 0 aromatic heterocycles. The molecule has 1 fully saturated rings. The lowest BCUT2D eigenvalue weighted by Crippen LogP contribution is -2.62. The minimum atomic E-state index is -0.862. The third-order valence-electron chi connectivity index (χ3n) is 7.61. The molecule has 1 unspecified atom stereocenters. The summed E-state index contributed by atoms with van der Waals surface area (Å²) in [5.74, 6) is -0.862. The molecule has 0 N–H and O–H groups in total. The topological polar surface area (TPSA) is 55.4 Å². The van der Waals surface area contributed by atoms with E-state index in [-0.39, 0.29) is 0 Å². The zero-order chi connectivity index (χ0) is 31.3. The van der Waals surface area contributed by atoms with E-state index in [9.17, 15) is 0 Å². The minimum Gasteiger partial charge on any atom is -0.374 e. The molecule has 4 aromatic carbocycles. The summed E-state index contributed by atoms with van der Waals surface area (Å²) in [6.45, 7) is 3.53. The molecule has 0 saturated carbocycles. The molecule has 0 bridgehead atoms. The Bertz CT molecular complexity index is 1380. The largest absolute Gasteiger partial charge is 0.374 e. The number of ether oxygens (including phenoxy) is 6. The molecule has 4 aromatic rings. The summed E-state index contributed by atoms with van der Waals surface area (Å²) in [7, 11) is 1.67. The molecule has 5 rings (SSSR count). The molecule has 1 saturated heterocycles. The second-order valence-electron chi connectivity index (χ2n) is 11.1. The predicted molar refractivity (Wildman–Crippen MR) is 186 cm³/mol. The number of halogens is 1. The number of hydrogen-bond donors (Lipinski definition) is 0. The number of alkyl halides is 1. The second-order valence-corrected chi connectivity index (χ2v) is 13.0. The fraction of sp³-hybridized carbons (Fsp3) is 0.351. The summed E-state index contributed by atoms with van der Waals surface area (Å²) < 4.78 is 40.1. The van der Waals surface area contributed by atoms with Crippen LogP contribution in [0, 0.1) is 0 Å². The van der Waals surface area contributed by atoms with Crippen molar-refractivity contribution >= 4 is 34.4 Å². The Hall–Kier alpha value is -2.28. The third kappa shape index (κ3) is 10.1. The minimum absolute atomic E-state index is 0.325. The van der Waals surface area contributed by atoms with Crippen molar-refractivity contribution in [2.75, 3.05) is 18.1 Å².